The molecule has 2 aliphatic rings. The van der Waals surface area contributed by atoms with E-state index >= 15 is 0 Å². The zero-order valence-corrected chi connectivity index (χ0v) is 15.3. The fraction of sp³-hybridized carbons (Fsp3) is 0.579. The number of rotatable bonds is 4. The molecule has 6 nitrogen and oxygen atoms in total. The monoisotopic (exact) mass is 340 g/mol. The molecule has 1 fully saturated rings. The summed E-state index contributed by atoms with van der Waals surface area (Å²) in [5, 5.41) is 0. The molecule has 25 heavy (non-hydrogen) atoms. The number of pyridine rings is 1. The average molecular weight is 340 g/mol. The second-order valence-corrected chi connectivity index (χ2v) is 7.31. The van der Waals surface area contributed by atoms with Crippen LogP contribution in [0.5, 0.6) is 0 Å². The van der Waals surface area contributed by atoms with Crippen molar-refractivity contribution in [2.75, 3.05) is 39.8 Å². The molecule has 6 heteroatoms. The third-order valence-electron chi connectivity index (χ3n) is 5.57. The summed E-state index contributed by atoms with van der Waals surface area (Å²) in [5.41, 5.74) is 2.50. The Morgan fingerprint density at radius 1 is 1.00 bits per heavy atom. The fourth-order valence-corrected chi connectivity index (χ4v) is 3.88. The summed E-state index contributed by atoms with van der Waals surface area (Å²) in [5.74, 6) is 1.20. The highest BCUT2D eigenvalue weighted by Crippen LogP contribution is 2.27. The molecule has 0 N–H and O–H groups in total. The molecule has 0 spiro atoms. The number of aromatic nitrogens is 3. The largest absolute Gasteiger partial charge is 0.328 e. The number of nitrogens with zero attached hydrogens (tertiary/aromatic N) is 6. The molecule has 1 saturated heterocycles. The van der Waals surface area contributed by atoms with Crippen LogP contribution >= 0.6 is 0 Å². The summed E-state index contributed by atoms with van der Waals surface area (Å²) in [4.78, 5) is 16.7. The SMILES string of the molecule is CC1c2ncc(CN3CCN(C)CC3)n2CCN1Cc1ccccn1. The molecule has 4 rings (SSSR count). The van der Waals surface area contributed by atoms with Gasteiger partial charge in [0, 0.05) is 64.8 Å². The molecular weight excluding hydrogens is 312 g/mol. The zero-order chi connectivity index (χ0) is 17.2. The van der Waals surface area contributed by atoms with Gasteiger partial charge in [0.15, 0.2) is 0 Å². The maximum Gasteiger partial charge on any atom is 0.126 e. The third-order valence-corrected chi connectivity index (χ3v) is 5.57. The second-order valence-electron chi connectivity index (χ2n) is 7.31. The van der Waals surface area contributed by atoms with Gasteiger partial charge in [0.1, 0.15) is 5.82 Å². The first kappa shape index (κ1) is 16.7. The van der Waals surface area contributed by atoms with E-state index in [0.29, 0.717) is 6.04 Å². The summed E-state index contributed by atoms with van der Waals surface area (Å²) >= 11 is 0. The molecule has 0 bridgehead atoms. The molecule has 0 aromatic carbocycles. The lowest BCUT2D eigenvalue weighted by molar-refractivity contribution is 0.136. The smallest absolute Gasteiger partial charge is 0.126 e. The minimum Gasteiger partial charge on any atom is -0.328 e. The predicted molar refractivity (Wildman–Crippen MR) is 98.1 cm³/mol. The minimum absolute atomic E-state index is 0.331. The molecule has 0 radical (unpaired) electrons. The molecule has 0 aliphatic carbocycles. The molecule has 4 heterocycles. The van der Waals surface area contributed by atoms with Crippen molar-refractivity contribution >= 4 is 0 Å². The van der Waals surface area contributed by atoms with Gasteiger partial charge in [-0.2, -0.15) is 0 Å². The summed E-state index contributed by atoms with van der Waals surface area (Å²) in [6, 6.07) is 6.47. The Labute approximate surface area is 150 Å². The molecule has 2 aromatic heterocycles. The van der Waals surface area contributed by atoms with Crippen molar-refractivity contribution in [2.45, 2.75) is 32.6 Å². The maximum atomic E-state index is 4.77. The van der Waals surface area contributed by atoms with Gasteiger partial charge >= 0.3 is 0 Å². The van der Waals surface area contributed by atoms with Gasteiger partial charge in [0.2, 0.25) is 0 Å². The van der Waals surface area contributed by atoms with E-state index < -0.39 is 0 Å². The number of imidazole rings is 1. The lowest BCUT2D eigenvalue weighted by Gasteiger charge is -2.35. The van der Waals surface area contributed by atoms with Crippen LogP contribution in [0.25, 0.3) is 0 Å². The van der Waals surface area contributed by atoms with Crippen molar-refractivity contribution in [1.82, 2.24) is 29.2 Å². The lowest BCUT2D eigenvalue weighted by Crippen LogP contribution is -2.44. The van der Waals surface area contributed by atoms with Crippen LogP contribution in [0.1, 0.15) is 30.2 Å². The summed E-state index contributed by atoms with van der Waals surface area (Å²) in [6.45, 7) is 10.9. The van der Waals surface area contributed by atoms with Crippen LogP contribution in [0.2, 0.25) is 0 Å². The minimum atomic E-state index is 0.331. The highest BCUT2D eigenvalue weighted by molar-refractivity contribution is 5.12. The summed E-state index contributed by atoms with van der Waals surface area (Å²) in [7, 11) is 2.20. The van der Waals surface area contributed by atoms with Crippen LogP contribution in [-0.4, -0.2) is 69.0 Å². The number of likely N-dealkylation sites (N-methyl/N-ethyl adjacent to an activating group) is 1. The van der Waals surface area contributed by atoms with Crippen LogP contribution < -0.4 is 0 Å². The maximum absolute atomic E-state index is 4.77. The van der Waals surface area contributed by atoms with E-state index in [4.69, 9.17) is 4.98 Å². The molecular formula is C19H28N6. The van der Waals surface area contributed by atoms with Gasteiger partial charge in [-0.25, -0.2) is 4.98 Å². The summed E-state index contributed by atoms with van der Waals surface area (Å²) in [6.07, 6.45) is 3.97. The van der Waals surface area contributed by atoms with E-state index in [-0.39, 0.29) is 0 Å². The fourth-order valence-electron chi connectivity index (χ4n) is 3.88. The van der Waals surface area contributed by atoms with Crippen molar-refractivity contribution in [3.8, 4) is 0 Å². The van der Waals surface area contributed by atoms with Gasteiger partial charge in [-0.05, 0) is 26.1 Å². The average Bonchev–Trinajstić information content (AvgIpc) is 3.04. The van der Waals surface area contributed by atoms with E-state index in [2.05, 4.69) is 56.6 Å². The normalized spacial score (nSPS) is 22.9. The summed E-state index contributed by atoms with van der Waals surface area (Å²) < 4.78 is 2.44. The Hall–Kier alpha value is -1.76. The molecule has 134 valence electrons. The van der Waals surface area contributed by atoms with Crippen molar-refractivity contribution in [1.29, 1.82) is 0 Å². The Balaban J connectivity index is 1.44. The third kappa shape index (κ3) is 3.61. The number of fused-ring (bicyclic) bond motifs is 1. The molecule has 0 saturated carbocycles. The van der Waals surface area contributed by atoms with Crippen LogP contribution in [-0.2, 0) is 19.6 Å². The first-order valence-electron chi connectivity index (χ1n) is 9.30. The topological polar surface area (TPSA) is 40.4 Å². The van der Waals surface area contributed by atoms with Crippen molar-refractivity contribution in [2.24, 2.45) is 0 Å². The van der Waals surface area contributed by atoms with Gasteiger partial charge in [0.25, 0.3) is 0 Å². The van der Waals surface area contributed by atoms with Gasteiger partial charge in [0.05, 0.1) is 17.4 Å². The van der Waals surface area contributed by atoms with Crippen LogP contribution in [0.15, 0.2) is 30.6 Å². The quantitative estimate of drug-likeness (QED) is 0.846. The van der Waals surface area contributed by atoms with E-state index in [1.165, 1.54) is 11.5 Å². The van der Waals surface area contributed by atoms with E-state index in [9.17, 15) is 0 Å². The predicted octanol–water partition coefficient (Wildman–Crippen LogP) is 1.60. The first-order chi connectivity index (χ1) is 12.2. The zero-order valence-electron chi connectivity index (χ0n) is 15.3. The van der Waals surface area contributed by atoms with Crippen molar-refractivity contribution < 1.29 is 0 Å². The van der Waals surface area contributed by atoms with Crippen LogP contribution in [0.3, 0.4) is 0 Å². The van der Waals surface area contributed by atoms with Crippen LogP contribution in [0, 0.1) is 0 Å². The Kier molecular flexibility index (Phi) is 4.83. The first-order valence-corrected chi connectivity index (χ1v) is 9.30. The van der Waals surface area contributed by atoms with Gasteiger partial charge in [-0.1, -0.05) is 6.07 Å². The molecule has 1 unspecified atom stereocenters. The lowest BCUT2D eigenvalue weighted by atomic mass is 10.2. The van der Waals surface area contributed by atoms with E-state index in [0.717, 1.165) is 58.1 Å². The van der Waals surface area contributed by atoms with Crippen LogP contribution in [0.4, 0.5) is 0 Å². The van der Waals surface area contributed by atoms with E-state index in [1.807, 2.05) is 12.3 Å². The van der Waals surface area contributed by atoms with Gasteiger partial charge in [-0.15, -0.1) is 0 Å². The number of hydrogen-bond acceptors (Lipinski definition) is 5. The van der Waals surface area contributed by atoms with Crippen molar-refractivity contribution in [3.05, 3.63) is 47.8 Å². The Morgan fingerprint density at radius 3 is 2.60 bits per heavy atom. The standard InChI is InChI=1S/C19H28N6/c1-16-19-21-13-18(15-23-9-7-22(2)8-10-23)25(19)12-11-24(16)14-17-5-3-4-6-20-17/h3-6,13,16H,7-12,14-15H2,1-2H3. The molecule has 2 aromatic rings. The Morgan fingerprint density at radius 2 is 1.84 bits per heavy atom. The Bertz CT molecular complexity index is 689. The molecule has 0 amide bonds. The molecule has 2 aliphatic heterocycles. The highest BCUT2D eigenvalue weighted by Gasteiger charge is 2.28. The van der Waals surface area contributed by atoms with E-state index in [1.54, 1.807) is 0 Å². The second kappa shape index (κ2) is 7.23. The molecule has 1 atom stereocenters. The van der Waals surface area contributed by atoms with Crippen molar-refractivity contribution in [3.63, 3.8) is 0 Å². The van der Waals surface area contributed by atoms with Gasteiger partial charge < -0.3 is 9.47 Å². The van der Waals surface area contributed by atoms with Gasteiger partial charge in [-0.3, -0.25) is 14.8 Å². The highest BCUT2D eigenvalue weighted by atomic mass is 15.3. The number of piperazine rings is 1. The number of hydrogen-bond donors (Lipinski definition) is 0.